The number of hydrogen-bond donors (Lipinski definition) is 0. The molecule has 0 N–H and O–H groups in total. The van der Waals surface area contributed by atoms with Crippen LogP contribution in [0.25, 0.3) is 0 Å². The van der Waals surface area contributed by atoms with E-state index in [1.165, 1.54) is 18.2 Å². The highest BCUT2D eigenvalue weighted by Gasteiger charge is 2.34. The second kappa shape index (κ2) is 9.87. The maximum absolute atomic E-state index is 13.3. The Bertz CT molecular complexity index is 838. The van der Waals surface area contributed by atoms with Crippen LogP contribution in [-0.4, -0.2) is 43.3 Å². The molecule has 0 aliphatic carbocycles. The molecule has 2 aromatic carbocycles. The van der Waals surface area contributed by atoms with Gasteiger partial charge in [0.25, 0.3) is 0 Å². The number of benzene rings is 2. The average Bonchev–Trinajstić information content (AvgIpc) is 2.77. The molecule has 0 spiro atoms. The van der Waals surface area contributed by atoms with E-state index in [0.29, 0.717) is 25.1 Å². The van der Waals surface area contributed by atoms with Gasteiger partial charge in [0, 0.05) is 19.0 Å². The summed E-state index contributed by atoms with van der Waals surface area (Å²) in [6.45, 7) is 4.75. The Hall–Kier alpha value is -3.15. The number of amides is 1. The Labute approximate surface area is 169 Å². The number of rotatable bonds is 6. The lowest BCUT2D eigenvalue weighted by Crippen LogP contribution is -2.45. The third-order valence-corrected chi connectivity index (χ3v) is 5.05. The number of halogens is 1. The Balaban J connectivity index is 1.71. The zero-order valence-corrected chi connectivity index (χ0v) is 16.1. The van der Waals surface area contributed by atoms with Crippen molar-refractivity contribution in [1.29, 1.82) is 0 Å². The van der Waals surface area contributed by atoms with Gasteiger partial charge < -0.3 is 14.4 Å². The Morgan fingerprint density at radius 3 is 2.52 bits per heavy atom. The summed E-state index contributed by atoms with van der Waals surface area (Å²) in [6, 6.07) is 15.1. The molecular formula is C23H24FNO4. The van der Waals surface area contributed by atoms with Gasteiger partial charge in [0.05, 0.1) is 12.2 Å². The van der Waals surface area contributed by atoms with Crippen LogP contribution in [0.5, 0.6) is 0 Å². The van der Waals surface area contributed by atoms with Gasteiger partial charge in [-0.1, -0.05) is 43.0 Å². The lowest BCUT2D eigenvalue weighted by atomic mass is 9.81. The van der Waals surface area contributed by atoms with E-state index in [-0.39, 0.29) is 30.9 Å². The summed E-state index contributed by atoms with van der Waals surface area (Å²) >= 11 is 0. The van der Waals surface area contributed by atoms with Crippen LogP contribution in [0.3, 0.4) is 0 Å². The van der Waals surface area contributed by atoms with Crippen LogP contribution >= 0.6 is 0 Å². The van der Waals surface area contributed by atoms with Crippen LogP contribution in [0, 0.1) is 11.7 Å². The number of carbonyl (C=O) groups excluding carboxylic acids is 2. The number of likely N-dealkylation sites (tertiary alicyclic amines) is 1. The molecule has 3 rings (SSSR count). The van der Waals surface area contributed by atoms with Gasteiger partial charge in [-0.05, 0) is 42.2 Å². The molecule has 29 heavy (non-hydrogen) atoms. The molecule has 0 bridgehead atoms. The van der Waals surface area contributed by atoms with E-state index in [0.717, 1.165) is 5.56 Å². The van der Waals surface area contributed by atoms with Gasteiger partial charge in [-0.2, -0.15) is 0 Å². The molecule has 0 unspecified atom stereocenters. The second-order valence-corrected chi connectivity index (χ2v) is 6.98. The Kier molecular flexibility index (Phi) is 7.00. The summed E-state index contributed by atoms with van der Waals surface area (Å²) in [5.74, 6) is -0.790. The molecule has 0 saturated carbocycles. The number of esters is 1. The van der Waals surface area contributed by atoms with Crippen molar-refractivity contribution in [1.82, 2.24) is 4.90 Å². The molecule has 2 aromatic rings. The SMILES string of the molecule is C=CCOC(=O)N1CC[C@@H](c2ccc(F)cc2)[C@H](COC(=O)c2ccccc2)C1. The van der Waals surface area contributed by atoms with Gasteiger partial charge in [-0.25, -0.2) is 14.0 Å². The Morgan fingerprint density at radius 2 is 1.83 bits per heavy atom. The summed E-state index contributed by atoms with van der Waals surface area (Å²) in [7, 11) is 0. The summed E-state index contributed by atoms with van der Waals surface area (Å²) in [6.07, 6.45) is 1.77. The van der Waals surface area contributed by atoms with Crippen molar-refractivity contribution in [3.05, 3.63) is 84.2 Å². The second-order valence-electron chi connectivity index (χ2n) is 6.98. The molecule has 152 valence electrons. The first-order valence-corrected chi connectivity index (χ1v) is 9.58. The number of nitrogens with zero attached hydrogens (tertiary/aromatic N) is 1. The first kappa shape index (κ1) is 20.6. The van der Waals surface area contributed by atoms with Crippen molar-refractivity contribution in [2.24, 2.45) is 5.92 Å². The molecule has 0 radical (unpaired) electrons. The first-order valence-electron chi connectivity index (χ1n) is 9.58. The topological polar surface area (TPSA) is 55.8 Å². The minimum absolute atomic E-state index is 0.0441. The minimum Gasteiger partial charge on any atom is -0.462 e. The predicted molar refractivity (Wildman–Crippen MR) is 107 cm³/mol. The van der Waals surface area contributed by atoms with Gasteiger partial charge in [-0.15, -0.1) is 0 Å². The van der Waals surface area contributed by atoms with Crippen LogP contribution in [-0.2, 0) is 9.47 Å². The van der Waals surface area contributed by atoms with E-state index in [1.807, 2.05) is 6.07 Å². The van der Waals surface area contributed by atoms with Gasteiger partial charge >= 0.3 is 12.1 Å². The molecule has 6 heteroatoms. The highest BCUT2D eigenvalue weighted by Crippen LogP contribution is 2.34. The molecule has 0 aromatic heterocycles. The summed E-state index contributed by atoms with van der Waals surface area (Å²) in [4.78, 5) is 26.2. The fourth-order valence-corrected chi connectivity index (χ4v) is 3.58. The van der Waals surface area contributed by atoms with Crippen LogP contribution < -0.4 is 0 Å². The van der Waals surface area contributed by atoms with Crippen LogP contribution in [0.4, 0.5) is 9.18 Å². The molecule has 1 aliphatic rings. The number of ether oxygens (including phenoxy) is 2. The van der Waals surface area contributed by atoms with Crippen molar-refractivity contribution in [3.8, 4) is 0 Å². The fraction of sp³-hybridized carbons (Fsp3) is 0.304. The first-order chi connectivity index (χ1) is 14.1. The quantitative estimate of drug-likeness (QED) is 0.535. The molecule has 5 nitrogen and oxygen atoms in total. The third kappa shape index (κ3) is 5.44. The maximum atomic E-state index is 13.3. The van der Waals surface area contributed by atoms with E-state index < -0.39 is 12.1 Å². The highest BCUT2D eigenvalue weighted by molar-refractivity contribution is 5.89. The summed E-state index contributed by atoms with van der Waals surface area (Å²) < 4.78 is 24.0. The Morgan fingerprint density at radius 1 is 1.10 bits per heavy atom. The van der Waals surface area contributed by atoms with Crippen molar-refractivity contribution < 1.29 is 23.5 Å². The van der Waals surface area contributed by atoms with E-state index in [4.69, 9.17) is 9.47 Å². The smallest absolute Gasteiger partial charge is 0.410 e. The van der Waals surface area contributed by atoms with Crippen molar-refractivity contribution in [2.45, 2.75) is 12.3 Å². The standard InChI is InChI=1S/C23H24FNO4/c1-2-14-28-23(27)25-13-12-21(17-8-10-20(24)11-9-17)19(15-25)16-29-22(26)18-6-4-3-5-7-18/h2-11,19,21H,1,12-16H2/t19-,21-/m0/s1. The van der Waals surface area contributed by atoms with Crippen LogP contribution in [0.2, 0.25) is 0 Å². The van der Waals surface area contributed by atoms with E-state index >= 15 is 0 Å². The van der Waals surface area contributed by atoms with Crippen molar-refractivity contribution in [3.63, 3.8) is 0 Å². The number of piperidine rings is 1. The lowest BCUT2D eigenvalue weighted by molar-refractivity contribution is 0.0302. The monoisotopic (exact) mass is 397 g/mol. The molecule has 1 fully saturated rings. The van der Waals surface area contributed by atoms with Gasteiger partial charge in [0.2, 0.25) is 0 Å². The highest BCUT2D eigenvalue weighted by atomic mass is 19.1. The van der Waals surface area contributed by atoms with E-state index in [2.05, 4.69) is 6.58 Å². The maximum Gasteiger partial charge on any atom is 0.410 e. The zero-order chi connectivity index (χ0) is 20.6. The molecular weight excluding hydrogens is 373 g/mol. The van der Waals surface area contributed by atoms with Gasteiger partial charge in [-0.3, -0.25) is 0 Å². The van der Waals surface area contributed by atoms with Gasteiger partial charge in [0.1, 0.15) is 12.4 Å². The van der Waals surface area contributed by atoms with Crippen molar-refractivity contribution in [2.75, 3.05) is 26.3 Å². The average molecular weight is 397 g/mol. The molecule has 1 amide bonds. The van der Waals surface area contributed by atoms with Crippen LogP contribution in [0.15, 0.2) is 67.3 Å². The largest absolute Gasteiger partial charge is 0.462 e. The van der Waals surface area contributed by atoms with Crippen LogP contribution in [0.1, 0.15) is 28.3 Å². The van der Waals surface area contributed by atoms with Gasteiger partial charge in [0.15, 0.2) is 0 Å². The van der Waals surface area contributed by atoms with E-state index in [1.54, 1.807) is 41.3 Å². The zero-order valence-electron chi connectivity index (χ0n) is 16.1. The molecule has 1 saturated heterocycles. The summed E-state index contributed by atoms with van der Waals surface area (Å²) in [5.41, 5.74) is 1.44. The minimum atomic E-state index is -0.415. The molecule has 1 aliphatic heterocycles. The lowest BCUT2D eigenvalue weighted by Gasteiger charge is -2.38. The molecule has 2 atom stereocenters. The predicted octanol–water partition coefficient (Wildman–Crippen LogP) is 4.41. The third-order valence-electron chi connectivity index (χ3n) is 5.05. The van der Waals surface area contributed by atoms with E-state index in [9.17, 15) is 14.0 Å². The number of hydrogen-bond acceptors (Lipinski definition) is 4. The van der Waals surface area contributed by atoms with Crippen molar-refractivity contribution >= 4 is 12.1 Å². The fourth-order valence-electron chi connectivity index (χ4n) is 3.58. The molecule has 1 heterocycles. The normalized spacial score (nSPS) is 18.7. The number of carbonyl (C=O) groups is 2. The summed E-state index contributed by atoms with van der Waals surface area (Å²) in [5, 5.41) is 0.